The molecule has 3 aromatic rings. The van der Waals surface area contributed by atoms with E-state index in [-0.39, 0.29) is 5.91 Å². The van der Waals surface area contributed by atoms with Crippen LogP contribution in [0.15, 0.2) is 42.6 Å². The van der Waals surface area contributed by atoms with Crippen LogP contribution in [0.5, 0.6) is 23.0 Å². The molecule has 1 saturated heterocycles. The maximum atomic E-state index is 11.7. The second-order valence-electron chi connectivity index (χ2n) is 8.47. The quantitative estimate of drug-likeness (QED) is 0.557. The van der Waals surface area contributed by atoms with Gasteiger partial charge in [0.1, 0.15) is 24.7 Å². The lowest BCUT2D eigenvalue weighted by molar-refractivity contribution is -0.129. The van der Waals surface area contributed by atoms with E-state index in [0.29, 0.717) is 68.3 Å². The van der Waals surface area contributed by atoms with Crippen LogP contribution in [0.25, 0.3) is 11.3 Å². The van der Waals surface area contributed by atoms with Gasteiger partial charge in [0.25, 0.3) is 0 Å². The number of hydrogen-bond donors (Lipinski definition) is 1. The molecule has 0 aliphatic carbocycles. The van der Waals surface area contributed by atoms with E-state index in [0.717, 1.165) is 22.7 Å². The van der Waals surface area contributed by atoms with Gasteiger partial charge < -0.3 is 34.1 Å². The molecule has 2 aromatic carbocycles. The first-order valence-corrected chi connectivity index (χ1v) is 11.8. The summed E-state index contributed by atoms with van der Waals surface area (Å²) in [6.07, 6.45) is 1.70. The van der Waals surface area contributed by atoms with Gasteiger partial charge in [-0.1, -0.05) is 0 Å². The lowest BCUT2D eigenvalue weighted by Gasteiger charge is -2.36. The fraction of sp³-hybridized carbons (Fsp3) is 0.346. The number of carbonyl (C=O) groups excluding carboxylic acids is 1. The summed E-state index contributed by atoms with van der Waals surface area (Å²) in [5, 5.41) is 3.27. The summed E-state index contributed by atoms with van der Waals surface area (Å²) in [5.74, 6) is 3.28. The molecule has 5 rings (SSSR count). The Bertz CT molecular complexity index is 1260. The molecule has 0 saturated carbocycles. The first kappa shape index (κ1) is 23.5. The summed E-state index contributed by atoms with van der Waals surface area (Å²) in [7, 11) is 3.26. The Balaban J connectivity index is 1.39. The number of aromatic nitrogens is 2. The number of hydrogen-bond acceptors (Lipinski definition) is 9. The van der Waals surface area contributed by atoms with Crippen LogP contribution in [0.4, 0.5) is 17.3 Å². The number of anilines is 3. The Morgan fingerprint density at radius 3 is 2.42 bits per heavy atom. The molecule has 3 heterocycles. The highest BCUT2D eigenvalue weighted by Gasteiger charge is 2.23. The molecule has 10 heteroatoms. The number of fused-ring (bicyclic) bond motifs is 1. The average Bonchev–Trinajstić information content (AvgIpc) is 2.92. The van der Waals surface area contributed by atoms with Gasteiger partial charge in [-0.15, -0.1) is 0 Å². The Morgan fingerprint density at radius 1 is 0.944 bits per heavy atom. The fourth-order valence-corrected chi connectivity index (χ4v) is 4.39. The fourth-order valence-electron chi connectivity index (χ4n) is 4.39. The molecule has 2 aliphatic heterocycles. The maximum absolute atomic E-state index is 11.7. The molecule has 0 atom stereocenters. The van der Waals surface area contributed by atoms with Gasteiger partial charge in [0, 0.05) is 57.0 Å². The van der Waals surface area contributed by atoms with Gasteiger partial charge in [-0.05, 0) is 24.3 Å². The topological polar surface area (TPSA) is 98.3 Å². The van der Waals surface area contributed by atoms with Gasteiger partial charge in [-0.2, -0.15) is 0 Å². The van der Waals surface area contributed by atoms with Crippen molar-refractivity contribution in [3.05, 3.63) is 42.6 Å². The van der Waals surface area contributed by atoms with Crippen LogP contribution in [-0.2, 0) is 4.79 Å². The molecule has 36 heavy (non-hydrogen) atoms. The summed E-state index contributed by atoms with van der Waals surface area (Å²) in [6, 6.07) is 11.4. The number of benzene rings is 2. The van der Waals surface area contributed by atoms with E-state index in [1.165, 1.54) is 0 Å². The predicted octanol–water partition coefficient (Wildman–Crippen LogP) is 3.34. The summed E-state index contributed by atoms with van der Waals surface area (Å²) >= 11 is 0. The summed E-state index contributed by atoms with van der Waals surface area (Å²) in [6.45, 7) is 5.44. The van der Waals surface area contributed by atoms with E-state index in [9.17, 15) is 4.79 Å². The zero-order chi connectivity index (χ0) is 25.1. The number of nitrogens with zero attached hydrogens (tertiary/aromatic N) is 4. The highest BCUT2D eigenvalue weighted by atomic mass is 16.6. The molecule has 0 spiro atoms. The highest BCUT2D eigenvalue weighted by molar-refractivity contribution is 5.76. The zero-order valence-electron chi connectivity index (χ0n) is 20.6. The Hall–Kier alpha value is -4.21. The van der Waals surface area contributed by atoms with Crippen molar-refractivity contribution in [3.63, 3.8) is 0 Å². The molecule has 0 bridgehead atoms. The predicted molar refractivity (Wildman–Crippen MR) is 136 cm³/mol. The van der Waals surface area contributed by atoms with Crippen molar-refractivity contribution >= 4 is 23.2 Å². The van der Waals surface area contributed by atoms with E-state index in [2.05, 4.69) is 15.2 Å². The number of piperazine rings is 1. The van der Waals surface area contributed by atoms with Crippen LogP contribution < -0.4 is 29.2 Å². The van der Waals surface area contributed by atoms with Crippen molar-refractivity contribution < 1.29 is 23.7 Å². The number of ether oxygens (including phenoxy) is 4. The van der Waals surface area contributed by atoms with Crippen LogP contribution in [0.1, 0.15) is 6.92 Å². The van der Waals surface area contributed by atoms with Gasteiger partial charge in [-0.25, -0.2) is 9.97 Å². The second-order valence-corrected chi connectivity index (χ2v) is 8.47. The summed E-state index contributed by atoms with van der Waals surface area (Å²) in [4.78, 5) is 24.8. The Labute approximate surface area is 209 Å². The van der Waals surface area contributed by atoms with Crippen molar-refractivity contribution in [2.24, 2.45) is 0 Å². The molecular formula is C26H29N5O5. The monoisotopic (exact) mass is 491 g/mol. The molecule has 0 radical (unpaired) electrons. The standard InChI is InChI=1S/C26H29N5O5/c1-17(32)30-8-10-31(11-9-30)21-16-23(33-2)20(15-24(21)34-3)29-26-27-7-6-19(28-26)18-4-5-22-25(14-18)36-13-12-35-22/h4-7,14-16H,8-13H2,1-3H3,(H,27,28,29). The molecule has 1 aromatic heterocycles. The SMILES string of the molecule is COc1cc(N2CCN(C(C)=O)CC2)c(OC)cc1Nc1nccc(-c2ccc3c(c2)OCCO3)n1. The van der Waals surface area contributed by atoms with E-state index < -0.39 is 0 Å². The van der Waals surface area contributed by atoms with E-state index >= 15 is 0 Å². The van der Waals surface area contributed by atoms with E-state index in [1.54, 1.807) is 27.3 Å². The summed E-state index contributed by atoms with van der Waals surface area (Å²) in [5.41, 5.74) is 3.23. The third-order valence-corrected chi connectivity index (χ3v) is 6.31. The smallest absolute Gasteiger partial charge is 0.227 e. The van der Waals surface area contributed by atoms with Crippen molar-refractivity contribution in [3.8, 4) is 34.3 Å². The van der Waals surface area contributed by atoms with E-state index in [1.807, 2.05) is 41.3 Å². The highest BCUT2D eigenvalue weighted by Crippen LogP contribution is 2.40. The molecule has 1 fully saturated rings. The number of rotatable bonds is 6. The van der Waals surface area contributed by atoms with Gasteiger partial charge in [0.15, 0.2) is 11.5 Å². The lowest BCUT2D eigenvalue weighted by Crippen LogP contribution is -2.48. The Kier molecular flexibility index (Phi) is 6.66. The van der Waals surface area contributed by atoms with Gasteiger partial charge in [-0.3, -0.25) is 4.79 Å². The van der Waals surface area contributed by atoms with Crippen molar-refractivity contribution in [2.45, 2.75) is 6.92 Å². The van der Waals surface area contributed by atoms with Crippen molar-refractivity contribution in [1.29, 1.82) is 0 Å². The average molecular weight is 492 g/mol. The molecule has 1 amide bonds. The summed E-state index contributed by atoms with van der Waals surface area (Å²) < 4.78 is 22.7. The van der Waals surface area contributed by atoms with Crippen LogP contribution in [0.2, 0.25) is 0 Å². The molecule has 188 valence electrons. The largest absolute Gasteiger partial charge is 0.494 e. The molecule has 0 unspecified atom stereocenters. The third kappa shape index (κ3) is 4.79. The lowest BCUT2D eigenvalue weighted by atomic mass is 10.1. The minimum Gasteiger partial charge on any atom is -0.494 e. The molecule has 1 N–H and O–H groups in total. The molecular weight excluding hydrogens is 462 g/mol. The minimum absolute atomic E-state index is 0.0946. The van der Waals surface area contributed by atoms with Crippen LogP contribution in [-0.4, -0.2) is 74.4 Å². The maximum Gasteiger partial charge on any atom is 0.227 e. The first-order chi connectivity index (χ1) is 17.6. The number of nitrogens with one attached hydrogen (secondary N) is 1. The van der Waals surface area contributed by atoms with Gasteiger partial charge in [0.2, 0.25) is 11.9 Å². The van der Waals surface area contributed by atoms with Crippen molar-refractivity contribution in [2.75, 3.05) is 63.8 Å². The number of methoxy groups -OCH3 is 2. The van der Waals surface area contributed by atoms with Crippen LogP contribution >= 0.6 is 0 Å². The van der Waals surface area contributed by atoms with Crippen LogP contribution in [0.3, 0.4) is 0 Å². The third-order valence-electron chi connectivity index (χ3n) is 6.31. The van der Waals surface area contributed by atoms with Gasteiger partial charge in [0.05, 0.1) is 31.3 Å². The van der Waals surface area contributed by atoms with E-state index in [4.69, 9.17) is 23.9 Å². The molecule has 10 nitrogen and oxygen atoms in total. The normalized spacial score (nSPS) is 14.9. The van der Waals surface area contributed by atoms with Crippen LogP contribution in [0, 0.1) is 0 Å². The van der Waals surface area contributed by atoms with Crippen molar-refractivity contribution in [1.82, 2.24) is 14.9 Å². The van der Waals surface area contributed by atoms with Gasteiger partial charge >= 0.3 is 0 Å². The first-order valence-electron chi connectivity index (χ1n) is 11.8. The minimum atomic E-state index is 0.0946. The number of carbonyl (C=O) groups is 1. The zero-order valence-corrected chi connectivity index (χ0v) is 20.6. The molecule has 2 aliphatic rings. The number of amides is 1. The second kappa shape index (κ2) is 10.2. The Morgan fingerprint density at radius 2 is 1.69 bits per heavy atom.